The van der Waals surface area contributed by atoms with Crippen molar-refractivity contribution in [3.8, 4) is 5.75 Å². The molecule has 2 heterocycles. The number of thiazole rings is 1. The smallest absolute Gasteiger partial charge is 0.482 e. The van der Waals surface area contributed by atoms with Crippen molar-refractivity contribution in [3.05, 3.63) is 80.8 Å². The van der Waals surface area contributed by atoms with Crippen molar-refractivity contribution < 1.29 is 29.0 Å². The quantitative estimate of drug-likeness (QED) is 0.500. The number of halogens is 1. The molecule has 0 saturated heterocycles. The van der Waals surface area contributed by atoms with Gasteiger partial charge in [0, 0.05) is 28.7 Å². The summed E-state index contributed by atoms with van der Waals surface area (Å²) in [5.41, 5.74) is 2.56. The van der Waals surface area contributed by atoms with Crippen LogP contribution in [-0.2, 0) is 27.4 Å². The molecule has 0 amide bonds. The molecule has 32 heavy (non-hydrogen) atoms. The van der Waals surface area contributed by atoms with Crippen LogP contribution in [0.2, 0.25) is 5.02 Å². The zero-order valence-corrected chi connectivity index (χ0v) is 18.3. The van der Waals surface area contributed by atoms with E-state index in [-0.39, 0.29) is 6.61 Å². The first-order valence-corrected chi connectivity index (χ1v) is 11.0. The zero-order valence-electron chi connectivity index (χ0n) is 16.8. The van der Waals surface area contributed by atoms with Gasteiger partial charge in [0.15, 0.2) is 6.61 Å². The molecule has 1 aromatic heterocycles. The lowest BCUT2D eigenvalue weighted by atomic mass is 9.89. The molecule has 0 aliphatic carbocycles. The van der Waals surface area contributed by atoms with Crippen LogP contribution in [0.4, 0.5) is 4.79 Å². The summed E-state index contributed by atoms with van der Waals surface area (Å²) in [6.07, 6.45) is 1.42. The van der Waals surface area contributed by atoms with E-state index in [4.69, 9.17) is 31.0 Å². The topological polar surface area (TPSA) is 98.2 Å². The highest BCUT2D eigenvalue weighted by atomic mass is 35.5. The second-order valence-electron chi connectivity index (χ2n) is 6.91. The largest absolute Gasteiger partial charge is 0.528 e. The van der Waals surface area contributed by atoms with Crippen molar-refractivity contribution >= 4 is 35.1 Å². The van der Waals surface area contributed by atoms with E-state index in [1.165, 1.54) is 16.4 Å². The minimum absolute atomic E-state index is 0.00965. The molecule has 0 radical (unpaired) electrons. The van der Waals surface area contributed by atoms with E-state index in [2.05, 4.69) is 4.98 Å². The maximum atomic E-state index is 12.4. The fraction of sp³-hybridized carbons (Fsp3) is 0.227. The van der Waals surface area contributed by atoms with E-state index in [0.29, 0.717) is 34.3 Å². The number of nitrogens with zero attached hydrogens (tertiary/aromatic N) is 2. The van der Waals surface area contributed by atoms with E-state index < -0.39 is 24.8 Å². The number of carboxylic acid groups (broad SMARTS) is 1. The van der Waals surface area contributed by atoms with Gasteiger partial charge in [-0.05, 0) is 35.7 Å². The maximum absolute atomic E-state index is 12.4. The van der Waals surface area contributed by atoms with Crippen LogP contribution in [0, 0.1) is 0 Å². The predicted octanol–water partition coefficient (Wildman–Crippen LogP) is 4.48. The molecule has 0 spiro atoms. The highest BCUT2D eigenvalue weighted by Gasteiger charge is 2.34. The number of fused-ring (bicyclic) bond motifs is 1. The average molecular weight is 475 g/mol. The summed E-state index contributed by atoms with van der Waals surface area (Å²) in [5.74, 6) is -0.767. The first-order chi connectivity index (χ1) is 15.5. The second-order valence-corrected chi connectivity index (χ2v) is 8.33. The maximum Gasteiger partial charge on any atom is 0.528 e. The number of ether oxygens (including phenoxy) is 2. The van der Waals surface area contributed by atoms with Crippen LogP contribution in [0.15, 0.2) is 54.0 Å². The Morgan fingerprint density at radius 3 is 2.84 bits per heavy atom. The average Bonchev–Trinajstić information content (AvgIpc) is 3.30. The lowest BCUT2D eigenvalue weighted by Gasteiger charge is -2.36. The van der Waals surface area contributed by atoms with Crippen LogP contribution in [0.1, 0.15) is 27.7 Å². The molecule has 1 N–H and O–H groups in total. The molecule has 2 aromatic carbocycles. The zero-order chi connectivity index (χ0) is 22.5. The van der Waals surface area contributed by atoms with E-state index >= 15 is 0 Å². The first-order valence-electron chi connectivity index (χ1n) is 9.73. The predicted molar refractivity (Wildman–Crippen MR) is 117 cm³/mol. The standard InChI is InChI=1S/C22H19ClN2O6S/c23-15-5-6-18(29-13-20(26)27)17(11-15)21-16-4-2-1-3-14(16)7-9-25(21)31-22(28)30-12-19-24-8-10-32-19/h1-6,8,10-11,21H,7,9,12-13H2,(H,26,27)/t21-/m0/s1. The van der Waals surface area contributed by atoms with Crippen molar-refractivity contribution in [2.45, 2.75) is 19.1 Å². The number of rotatable bonds is 7. The van der Waals surface area contributed by atoms with E-state index in [1.54, 1.807) is 29.8 Å². The summed E-state index contributed by atoms with van der Waals surface area (Å²) in [6, 6.07) is 12.1. The fourth-order valence-corrected chi connectivity index (χ4v) is 4.24. The number of carboxylic acids is 1. The molecule has 10 heteroatoms. The highest BCUT2D eigenvalue weighted by Crippen LogP contribution is 2.40. The molecule has 166 valence electrons. The van der Waals surface area contributed by atoms with Gasteiger partial charge in [0.2, 0.25) is 0 Å². The van der Waals surface area contributed by atoms with Crippen LogP contribution >= 0.6 is 22.9 Å². The van der Waals surface area contributed by atoms with Gasteiger partial charge < -0.3 is 19.4 Å². The Balaban J connectivity index is 1.63. The van der Waals surface area contributed by atoms with Crippen molar-refractivity contribution in [2.75, 3.05) is 13.2 Å². The number of aromatic nitrogens is 1. The molecular weight excluding hydrogens is 456 g/mol. The number of hydroxylamine groups is 2. The molecule has 3 aromatic rings. The molecule has 1 aliphatic rings. The Kier molecular flexibility index (Phi) is 6.89. The van der Waals surface area contributed by atoms with Crippen molar-refractivity contribution in [2.24, 2.45) is 0 Å². The monoisotopic (exact) mass is 474 g/mol. The molecule has 0 saturated carbocycles. The third-order valence-corrected chi connectivity index (χ3v) is 5.83. The van der Waals surface area contributed by atoms with Gasteiger partial charge in [0.25, 0.3) is 0 Å². The number of carbonyl (C=O) groups excluding carboxylic acids is 1. The molecule has 4 rings (SSSR count). The lowest BCUT2D eigenvalue weighted by Crippen LogP contribution is -2.38. The van der Waals surface area contributed by atoms with E-state index in [0.717, 1.165) is 11.1 Å². The van der Waals surface area contributed by atoms with Gasteiger partial charge in [0.05, 0.1) is 6.04 Å². The van der Waals surface area contributed by atoms with Crippen molar-refractivity contribution in [1.29, 1.82) is 0 Å². The summed E-state index contributed by atoms with van der Waals surface area (Å²) in [6.45, 7) is -0.103. The SMILES string of the molecule is O=C(O)COc1ccc(Cl)cc1[C@@H]1c2ccccc2CCN1OC(=O)OCc1nccs1. The lowest BCUT2D eigenvalue weighted by molar-refractivity contribution is -0.152. The minimum atomic E-state index is -1.10. The first kappa shape index (κ1) is 22.1. The summed E-state index contributed by atoms with van der Waals surface area (Å²) >= 11 is 7.63. The number of benzene rings is 2. The normalized spacial score (nSPS) is 15.6. The van der Waals surface area contributed by atoms with Crippen LogP contribution in [0.3, 0.4) is 0 Å². The van der Waals surface area contributed by atoms with E-state index in [9.17, 15) is 9.59 Å². The third-order valence-electron chi connectivity index (χ3n) is 4.85. The van der Waals surface area contributed by atoms with Gasteiger partial charge in [-0.1, -0.05) is 35.9 Å². The summed E-state index contributed by atoms with van der Waals surface area (Å²) in [4.78, 5) is 33.1. The summed E-state index contributed by atoms with van der Waals surface area (Å²) in [5, 5.41) is 13.4. The van der Waals surface area contributed by atoms with E-state index in [1.807, 2.05) is 24.3 Å². The number of carbonyl (C=O) groups is 2. The fourth-order valence-electron chi connectivity index (χ4n) is 3.54. The summed E-state index contributed by atoms with van der Waals surface area (Å²) < 4.78 is 10.7. The Labute approximate surface area is 192 Å². The van der Waals surface area contributed by atoms with Crippen LogP contribution in [0.25, 0.3) is 0 Å². The number of hydrogen-bond acceptors (Lipinski definition) is 8. The van der Waals surface area contributed by atoms with Crippen LogP contribution < -0.4 is 4.74 Å². The van der Waals surface area contributed by atoms with Gasteiger partial charge in [-0.3, -0.25) is 0 Å². The molecule has 8 nitrogen and oxygen atoms in total. The Hall–Kier alpha value is -3.14. The Bertz CT molecular complexity index is 1110. The van der Waals surface area contributed by atoms with Gasteiger partial charge in [-0.15, -0.1) is 16.4 Å². The van der Waals surface area contributed by atoms with Crippen molar-refractivity contribution in [1.82, 2.24) is 10.0 Å². The van der Waals surface area contributed by atoms with Gasteiger partial charge >= 0.3 is 12.1 Å². The minimum Gasteiger partial charge on any atom is -0.482 e. The van der Waals surface area contributed by atoms with Gasteiger partial charge in [-0.25, -0.2) is 14.6 Å². The molecule has 1 aliphatic heterocycles. The molecule has 0 fully saturated rings. The van der Waals surface area contributed by atoms with Gasteiger partial charge in [0.1, 0.15) is 17.4 Å². The number of aliphatic carboxylic acids is 1. The summed E-state index contributed by atoms with van der Waals surface area (Å²) in [7, 11) is 0. The molecule has 0 bridgehead atoms. The second kappa shape index (κ2) is 9.99. The molecular formula is C22H19ClN2O6S. The molecule has 1 atom stereocenters. The van der Waals surface area contributed by atoms with Crippen LogP contribution in [0.5, 0.6) is 5.75 Å². The molecule has 0 unspecified atom stereocenters. The van der Waals surface area contributed by atoms with Crippen LogP contribution in [-0.4, -0.2) is 40.4 Å². The van der Waals surface area contributed by atoms with Gasteiger partial charge in [-0.2, -0.15) is 0 Å². The Morgan fingerprint density at radius 2 is 2.06 bits per heavy atom. The Morgan fingerprint density at radius 1 is 1.22 bits per heavy atom. The third kappa shape index (κ3) is 5.18. The number of hydrogen-bond donors (Lipinski definition) is 1. The highest BCUT2D eigenvalue weighted by molar-refractivity contribution is 7.09. The van der Waals surface area contributed by atoms with Crippen molar-refractivity contribution in [3.63, 3.8) is 0 Å².